The number of nitrogens with one attached hydrogen (secondary N) is 2. The van der Waals surface area contributed by atoms with Crippen LogP contribution in [0.15, 0.2) is 30.5 Å². The zero-order valence-electron chi connectivity index (χ0n) is 22.0. The molecular formula is C29H33FN6O3. The molecule has 39 heavy (non-hydrogen) atoms. The highest BCUT2D eigenvalue weighted by molar-refractivity contribution is 5.94. The van der Waals surface area contributed by atoms with Crippen LogP contribution in [0.5, 0.6) is 5.75 Å². The van der Waals surface area contributed by atoms with Gasteiger partial charge in [0.25, 0.3) is 5.91 Å². The van der Waals surface area contributed by atoms with Crippen molar-refractivity contribution in [2.24, 2.45) is 0 Å². The summed E-state index contributed by atoms with van der Waals surface area (Å²) in [6, 6.07) is 7.74. The Morgan fingerprint density at radius 2 is 1.92 bits per heavy atom. The van der Waals surface area contributed by atoms with Gasteiger partial charge in [0.05, 0.1) is 35.1 Å². The van der Waals surface area contributed by atoms with E-state index in [0.717, 1.165) is 62.2 Å². The molecule has 7 heterocycles. The first kappa shape index (κ1) is 24.7. The van der Waals surface area contributed by atoms with E-state index in [0.29, 0.717) is 42.2 Å². The zero-order chi connectivity index (χ0) is 26.5. The average molecular weight is 533 g/mol. The Hall–Kier alpha value is -3.37. The summed E-state index contributed by atoms with van der Waals surface area (Å²) in [5.74, 6) is 1.51. The molecule has 9 nitrogen and oxygen atoms in total. The molecule has 0 aromatic carbocycles. The van der Waals surface area contributed by atoms with Crippen molar-refractivity contribution in [3.63, 3.8) is 0 Å². The third kappa shape index (κ3) is 4.69. The van der Waals surface area contributed by atoms with Crippen molar-refractivity contribution >= 4 is 28.6 Å². The molecule has 1 aliphatic carbocycles. The van der Waals surface area contributed by atoms with Gasteiger partial charge in [0, 0.05) is 30.7 Å². The number of pyridine rings is 3. The lowest BCUT2D eigenvalue weighted by molar-refractivity contribution is -0.165. The van der Waals surface area contributed by atoms with Crippen LogP contribution in [0.1, 0.15) is 56.2 Å². The van der Waals surface area contributed by atoms with Gasteiger partial charge < -0.3 is 25.0 Å². The van der Waals surface area contributed by atoms with Gasteiger partial charge in [-0.1, -0.05) is 0 Å². The fourth-order valence-corrected chi connectivity index (χ4v) is 6.49. The van der Waals surface area contributed by atoms with Crippen LogP contribution in [0.2, 0.25) is 0 Å². The number of carbonyl (C=O) groups excluding carboxylic acids is 1. The van der Waals surface area contributed by atoms with Crippen LogP contribution in [0, 0.1) is 5.82 Å². The molecule has 0 radical (unpaired) electrons. The summed E-state index contributed by atoms with van der Waals surface area (Å²) in [4.78, 5) is 27.6. The van der Waals surface area contributed by atoms with Crippen molar-refractivity contribution in [1.82, 2.24) is 20.3 Å². The molecule has 4 fully saturated rings. The molecule has 8 rings (SSSR count). The number of nitrogens with zero attached hydrogens (tertiary/aromatic N) is 4. The maximum Gasteiger partial charge on any atom is 0.263 e. The Labute approximate surface area is 226 Å². The first-order valence-corrected chi connectivity index (χ1v) is 14.0. The molecule has 0 spiro atoms. The van der Waals surface area contributed by atoms with Gasteiger partial charge in [0.2, 0.25) is 0 Å². The number of hydrogen-bond acceptors (Lipinski definition) is 8. The molecule has 3 aromatic rings. The molecule has 10 heteroatoms. The number of fused-ring (bicyclic) bond motifs is 5. The minimum atomic E-state index is -0.285. The van der Waals surface area contributed by atoms with E-state index < -0.39 is 0 Å². The van der Waals surface area contributed by atoms with E-state index in [-0.39, 0.29) is 29.5 Å². The summed E-state index contributed by atoms with van der Waals surface area (Å²) in [6.45, 7) is 3.22. The standard InChI is InChI=1S/C29H33FN6O3/c30-21-16-31-22-4-6-24(36-13-1-2-14-36)34-26(22)20(21)7-8-29-11-9-28(10-12-29,18-39-29)32-15-19-3-5-23-27(33-19)35-25(37)17-38-23/h3-6,16,32H,1-2,7-15,17-18H2,(H,33,35,37). The second kappa shape index (κ2) is 9.67. The number of rotatable bonds is 7. The number of amides is 1. The Balaban J connectivity index is 1.01. The number of aryl methyl sites for hydroxylation is 1. The summed E-state index contributed by atoms with van der Waals surface area (Å²) >= 11 is 0. The number of ether oxygens (including phenoxy) is 2. The second-order valence-electron chi connectivity index (χ2n) is 11.4. The van der Waals surface area contributed by atoms with Gasteiger partial charge in [0.15, 0.2) is 18.2 Å². The largest absolute Gasteiger partial charge is 0.480 e. The highest BCUT2D eigenvalue weighted by Crippen LogP contribution is 2.46. The molecule has 2 N–H and O–H groups in total. The van der Waals surface area contributed by atoms with Crippen molar-refractivity contribution in [3.05, 3.63) is 47.5 Å². The first-order valence-electron chi connectivity index (χ1n) is 14.0. The van der Waals surface area contributed by atoms with Gasteiger partial charge >= 0.3 is 0 Å². The minimum absolute atomic E-state index is 0.0225. The predicted molar refractivity (Wildman–Crippen MR) is 144 cm³/mol. The average Bonchev–Trinajstić information content (AvgIpc) is 3.51. The summed E-state index contributed by atoms with van der Waals surface area (Å²) in [6.07, 6.45) is 8.86. The summed E-state index contributed by atoms with van der Waals surface area (Å²) < 4.78 is 27.0. The Kier molecular flexibility index (Phi) is 6.12. The van der Waals surface area contributed by atoms with Crippen LogP contribution < -0.4 is 20.3 Å². The number of anilines is 2. The van der Waals surface area contributed by atoms with E-state index in [2.05, 4.69) is 25.5 Å². The molecule has 1 amide bonds. The van der Waals surface area contributed by atoms with Crippen LogP contribution in [0.4, 0.5) is 16.0 Å². The number of halogens is 1. The van der Waals surface area contributed by atoms with Crippen LogP contribution >= 0.6 is 0 Å². The third-order valence-electron chi connectivity index (χ3n) is 8.96. The smallest absolute Gasteiger partial charge is 0.263 e. The topological polar surface area (TPSA) is 102 Å². The maximum atomic E-state index is 15.1. The predicted octanol–water partition coefficient (Wildman–Crippen LogP) is 3.90. The van der Waals surface area contributed by atoms with Gasteiger partial charge in [-0.3, -0.25) is 9.78 Å². The van der Waals surface area contributed by atoms with Crippen LogP contribution in [0.3, 0.4) is 0 Å². The van der Waals surface area contributed by atoms with Gasteiger partial charge in [-0.15, -0.1) is 0 Å². The van der Waals surface area contributed by atoms with Crippen molar-refractivity contribution < 1.29 is 18.7 Å². The van der Waals surface area contributed by atoms with Gasteiger partial charge in [-0.05, 0) is 75.6 Å². The first-order chi connectivity index (χ1) is 19.0. The monoisotopic (exact) mass is 532 g/mol. The van der Waals surface area contributed by atoms with Crippen molar-refractivity contribution in [2.75, 3.05) is 36.5 Å². The normalized spacial score (nSPS) is 26.0. The molecule has 0 unspecified atom stereocenters. The maximum absolute atomic E-state index is 15.1. The van der Waals surface area contributed by atoms with E-state index in [1.165, 1.54) is 19.0 Å². The lowest BCUT2D eigenvalue weighted by Gasteiger charge is -2.53. The molecule has 0 atom stereocenters. The van der Waals surface area contributed by atoms with Crippen molar-refractivity contribution in [2.45, 2.75) is 69.1 Å². The van der Waals surface area contributed by atoms with E-state index in [9.17, 15) is 4.79 Å². The number of aromatic nitrogens is 3. The Bertz CT molecular complexity index is 1400. The van der Waals surface area contributed by atoms with Gasteiger partial charge in [-0.2, -0.15) is 0 Å². The summed E-state index contributed by atoms with van der Waals surface area (Å²) in [5.41, 5.74) is 2.58. The van der Waals surface area contributed by atoms with E-state index in [1.807, 2.05) is 24.3 Å². The van der Waals surface area contributed by atoms with Crippen LogP contribution in [-0.4, -0.2) is 58.3 Å². The summed E-state index contributed by atoms with van der Waals surface area (Å²) in [7, 11) is 0. The highest BCUT2D eigenvalue weighted by Gasteiger charge is 2.49. The molecule has 5 aliphatic rings. The molecule has 4 aliphatic heterocycles. The fraction of sp³-hybridized carbons (Fsp3) is 0.517. The number of carbonyl (C=O) groups is 1. The van der Waals surface area contributed by atoms with Gasteiger partial charge in [0.1, 0.15) is 11.6 Å². The number of hydrogen-bond donors (Lipinski definition) is 2. The second-order valence-corrected chi connectivity index (χ2v) is 11.4. The van der Waals surface area contributed by atoms with Crippen LogP contribution in [0.25, 0.3) is 11.0 Å². The molecule has 3 saturated heterocycles. The molecule has 3 aromatic heterocycles. The SMILES string of the molecule is O=C1COc2ccc(CNC34CCC(CCc5c(F)cnc6ccc(N7CCCC7)nc56)(CC3)OC4)nc2N1. The quantitative estimate of drug-likeness (QED) is 0.473. The summed E-state index contributed by atoms with van der Waals surface area (Å²) in [5, 5.41) is 6.46. The highest BCUT2D eigenvalue weighted by atomic mass is 19.1. The van der Waals surface area contributed by atoms with Gasteiger partial charge in [-0.25, -0.2) is 14.4 Å². The van der Waals surface area contributed by atoms with E-state index in [4.69, 9.17) is 14.5 Å². The zero-order valence-corrected chi connectivity index (χ0v) is 22.0. The van der Waals surface area contributed by atoms with E-state index >= 15 is 4.39 Å². The molecule has 1 saturated carbocycles. The Morgan fingerprint density at radius 3 is 2.72 bits per heavy atom. The molecule has 204 valence electrons. The van der Waals surface area contributed by atoms with Crippen molar-refractivity contribution in [3.8, 4) is 5.75 Å². The van der Waals surface area contributed by atoms with E-state index in [1.54, 1.807) is 0 Å². The fourth-order valence-electron chi connectivity index (χ4n) is 6.49. The molecule has 2 bridgehead atoms. The minimum Gasteiger partial charge on any atom is -0.480 e. The molecular weight excluding hydrogens is 499 g/mol. The van der Waals surface area contributed by atoms with Crippen molar-refractivity contribution in [1.29, 1.82) is 0 Å². The lowest BCUT2D eigenvalue weighted by Crippen LogP contribution is -2.61. The Morgan fingerprint density at radius 1 is 1.08 bits per heavy atom. The van der Waals surface area contributed by atoms with Crippen LogP contribution in [-0.2, 0) is 22.5 Å². The lowest BCUT2D eigenvalue weighted by atomic mass is 9.69. The third-order valence-corrected chi connectivity index (χ3v) is 8.96.